The molecule has 4 heteroatoms. The van der Waals surface area contributed by atoms with Crippen LogP contribution in [-0.2, 0) is 0 Å². The molecule has 0 saturated carbocycles. The summed E-state index contributed by atoms with van der Waals surface area (Å²) < 4.78 is 0. The molecule has 1 aliphatic heterocycles. The van der Waals surface area contributed by atoms with E-state index in [1.165, 1.54) is 232 Å². The first kappa shape index (κ1) is 41.9. The molecule has 1 saturated heterocycles. The molecule has 0 aromatic carbocycles. The first-order chi connectivity index (χ1) is 21.9. The highest BCUT2D eigenvalue weighted by atomic mass is 15.3. The van der Waals surface area contributed by atoms with Crippen molar-refractivity contribution in [3.05, 3.63) is 0 Å². The number of rotatable bonds is 36. The van der Waals surface area contributed by atoms with Gasteiger partial charge in [-0.3, -0.25) is 9.80 Å². The predicted octanol–water partition coefficient (Wildman–Crippen LogP) is 10.9. The fraction of sp³-hybridized carbons (Fsp3) is 1.00. The van der Waals surface area contributed by atoms with E-state index in [-0.39, 0.29) is 0 Å². The topological polar surface area (TPSA) is 44.5 Å². The van der Waals surface area contributed by atoms with Gasteiger partial charge in [-0.05, 0) is 13.0 Å². The van der Waals surface area contributed by atoms with Gasteiger partial charge in [0.25, 0.3) is 0 Å². The Hall–Kier alpha value is -0.160. The number of nitrogens with two attached hydrogens (primary N) is 1. The highest BCUT2D eigenvalue weighted by Crippen LogP contribution is 2.16. The quantitative estimate of drug-likeness (QED) is 0.0684. The van der Waals surface area contributed by atoms with Crippen LogP contribution < -0.4 is 11.1 Å². The molecule has 3 N–H and O–H groups in total. The second kappa shape index (κ2) is 35.7. The van der Waals surface area contributed by atoms with Crippen molar-refractivity contribution in [3.8, 4) is 0 Å². The van der Waals surface area contributed by atoms with Gasteiger partial charge >= 0.3 is 0 Å². The summed E-state index contributed by atoms with van der Waals surface area (Å²) in [4.78, 5) is 5.09. The fourth-order valence-electron chi connectivity index (χ4n) is 7.05. The van der Waals surface area contributed by atoms with E-state index >= 15 is 0 Å². The SMILES string of the molecule is CCCCCCCCCCCCCCCCCCCCCCCCCCCCCCCCNCCN1CCN(CCN)CC1. The zero-order chi connectivity index (χ0) is 31.4. The summed E-state index contributed by atoms with van der Waals surface area (Å²) in [6.07, 6.45) is 44.0. The Kier molecular flexibility index (Phi) is 34.0. The highest BCUT2D eigenvalue weighted by molar-refractivity contribution is 4.72. The Bertz CT molecular complexity index is 520. The minimum Gasteiger partial charge on any atom is -0.329 e. The number of hydrogen-bond acceptors (Lipinski definition) is 4. The van der Waals surface area contributed by atoms with Gasteiger partial charge in [0.05, 0.1) is 0 Å². The van der Waals surface area contributed by atoms with Crippen molar-refractivity contribution >= 4 is 0 Å². The van der Waals surface area contributed by atoms with Crippen molar-refractivity contribution < 1.29 is 0 Å². The minimum atomic E-state index is 0.793. The number of nitrogens with zero attached hydrogens (tertiary/aromatic N) is 2. The van der Waals surface area contributed by atoms with E-state index in [1.807, 2.05) is 0 Å². The monoisotopic (exact) mass is 621 g/mol. The van der Waals surface area contributed by atoms with Gasteiger partial charge in [-0.15, -0.1) is 0 Å². The van der Waals surface area contributed by atoms with E-state index in [1.54, 1.807) is 0 Å². The van der Waals surface area contributed by atoms with Gasteiger partial charge in [-0.1, -0.05) is 193 Å². The summed E-state index contributed by atoms with van der Waals surface area (Å²) in [5.41, 5.74) is 5.67. The maximum atomic E-state index is 5.67. The maximum absolute atomic E-state index is 5.67. The number of hydrogen-bond donors (Lipinski definition) is 2. The first-order valence-corrected chi connectivity index (χ1v) is 20.7. The van der Waals surface area contributed by atoms with E-state index in [0.717, 1.165) is 19.6 Å². The van der Waals surface area contributed by atoms with E-state index in [4.69, 9.17) is 5.73 Å². The lowest BCUT2D eigenvalue weighted by Crippen LogP contribution is -2.49. The molecule has 0 atom stereocenters. The summed E-state index contributed by atoms with van der Waals surface area (Å²) in [5.74, 6) is 0. The fourth-order valence-corrected chi connectivity index (χ4v) is 7.05. The molecule has 264 valence electrons. The summed E-state index contributed by atoms with van der Waals surface area (Å²) in [7, 11) is 0. The second-order valence-corrected chi connectivity index (χ2v) is 14.5. The average molecular weight is 621 g/mol. The largest absolute Gasteiger partial charge is 0.329 e. The summed E-state index contributed by atoms with van der Waals surface area (Å²) in [5, 5.41) is 3.67. The van der Waals surface area contributed by atoms with Crippen LogP contribution >= 0.6 is 0 Å². The normalized spacial score (nSPS) is 14.6. The van der Waals surface area contributed by atoms with Crippen LogP contribution in [0.15, 0.2) is 0 Å². The Balaban J connectivity index is 1.62. The van der Waals surface area contributed by atoms with Crippen LogP contribution in [-0.4, -0.2) is 68.7 Å². The van der Waals surface area contributed by atoms with Crippen molar-refractivity contribution in [1.82, 2.24) is 15.1 Å². The van der Waals surface area contributed by atoms with Gasteiger partial charge in [0.2, 0.25) is 0 Å². The summed E-state index contributed by atoms with van der Waals surface area (Å²) >= 11 is 0. The molecule has 0 aromatic rings. The molecule has 0 aromatic heterocycles. The molecule has 1 aliphatic rings. The zero-order valence-corrected chi connectivity index (χ0v) is 30.5. The van der Waals surface area contributed by atoms with E-state index in [2.05, 4.69) is 22.0 Å². The molecule has 0 unspecified atom stereocenters. The van der Waals surface area contributed by atoms with E-state index in [9.17, 15) is 0 Å². The maximum Gasteiger partial charge on any atom is 0.0110 e. The smallest absolute Gasteiger partial charge is 0.0110 e. The molecule has 0 spiro atoms. The lowest BCUT2D eigenvalue weighted by atomic mass is 10.0. The van der Waals surface area contributed by atoms with Crippen LogP contribution in [0.25, 0.3) is 0 Å². The van der Waals surface area contributed by atoms with Crippen LogP contribution in [0.3, 0.4) is 0 Å². The Morgan fingerprint density at radius 3 is 0.932 bits per heavy atom. The molecule has 1 heterocycles. The third-order valence-electron chi connectivity index (χ3n) is 10.2. The number of nitrogens with one attached hydrogen (secondary N) is 1. The van der Waals surface area contributed by atoms with Gasteiger partial charge in [-0.2, -0.15) is 0 Å². The first-order valence-electron chi connectivity index (χ1n) is 20.7. The van der Waals surface area contributed by atoms with Gasteiger partial charge in [0, 0.05) is 52.4 Å². The predicted molar refractivity (Wildman–Crippen MR) is 199 cm³/mol. The van der Waals surface area contributed by atoms with Crippen LogP contribution in [0.4, 0.5) is 0 Å². The van der Waals surface area contributed by atoms with Crippen LogP contribution in [0.1, 0.15) is 200 Å². The van der Waals surface area contributed by atoms with Gasteiger partial charge in [0.15, 0.2) is 0 Å². The molecular formula is C40H84N4. The molecule has 1 fully saturated rings. The Labute approximate surface area is 278 Å². The van der Waals surface area contributed by atoms with Crippen molar-refractivity contribution in [2.45, 2.75) is 200 Å². The summed E-state index contributed by atoms with van der Waals surface area (Å²) in [6, 6.07) is 0. The molecular weight excluding hydrogens is 536 g/mol. The Morgan fingerprint density at radius 1 is 0.364 bits per heavy atom. The minimum absolute atomic E-state index is 0.793. The zero-order valence-electron chi connectivity index (χ0n) is 30.5. The van der Waals surface area contributed by atoms with Gasteiger partial charge in [-0.25, -0.2) is 0 Å². The second-order valence-electron chi connectivity index (χ2n) is 14.5. The molecule has 44 heavy (non-hydrogen) atoms. The van der Waals surface area contributed by atoms with E-state index in [0.29, 0.717) is 0 Å². The molecule has 4 nitrogen and oxygen atoms in total. The van der Waals surface area contributed by atoms with Crippen LogP contribution in [0.2, 0.25) is 0 Å². The van der Waals surface area contributed by atoms with Crippen molar-refractivity contribution in [2.75, 3.05) is 58.9 Å². The van der Waals surface area contributed by atoms with Crippen LogP contribution in [0, 0.1) is 0 Å². The Morgan fingerprint density at radius 2 is 0.636 bits per heavy atom. The van der Waals surface area contributed by atoms with Crippen molar-refractivity contribution in [3.63, 3.8) is 0 Å². The van der Waals surface area contributed by atoms with Gasteiger partial charge < -0.3 is 11.1 Å². The molecule has 0 radical (unpaired) electrons. The third-order valence-corrected chi connectivity index (χ3v) is 10.2. The standard InChI is InChI=1S/C40H84N4/c1-2-3-4-5-6-7-8-9-10-11-12-13-14-15-16-17-18-19-20-21-22-23-24-25-26-27-28-29-30-31-33-42-34-36-44-39-37-43(35-32-41)38-40-44/h42H,2-41H2,1H3. The lowest BCUT2D eigenvalue weighted by Gasteiger charge is -2.34. The van der Waals surface area contributed by atoms with Crippen molar-refractivity contribution in [1.29, 1.82) is 0 Å². The number of piperazine rings is 1. The van der Waals surface area contributed by atoms with Crippen molar-refractivity contribution in [2.24, 2.45) is 5.73 Å². The molecule has 0 bridgehead atoms. The highest BCUT2D eigenvalue weighted by Gasteiger charge is 2.15. The molecule has 1 rings (SSSR count). The third kappa shape index (κ3) is 30.5. The van der Waals surface area contributed by atoms with E-state index < -0.39 is 0 Å². The average Bonchev–Trinajstić information content (AvgIpc) is 3.04. The number of unbranched alkanes of at least 4 members (excludes halogenated alkanes) is 29. The van der Waals surface area contributed by atoms with Crippen LogP contribution in [0.5, 0.6) is 0 Å². The molecule has 0 aliphatic carbocycles. The molecule has 0 amide bonds. The van der Waals surface area contributed by atoms with Gasteiger partial charge in [0.1, 0.15) is 0 Å². The summed E-state index contributed by atoms with van der Waals surface area (Å²) in [6.45, 7) is 12.5. The lowest BCUT2D eigenvalue weighted by molar-refractivity contribution is 0.136.